The fourth-order valence-electron chi connectivity index (χ4n) is 5.37. The van der Waals surface area contributed by atoms with Crippen LogP contribution in [0.4, 0.5) is 11.8 Å². The summed E-state index contributed by atoms with van der Waals surface area (Å²) in [5.41, 5.74) is 2.59. The van der Waals surface area contributed by atoms with E-state index in [1.807, 2.05) is 0 Å². The van der Waals surface area contributed by atoms with E-state index < -0.39 is 0 Å². The van der Waals surface area contributed by atoms with Crippen LogP contribution < -0.4 is 20.9 Å². The monoisotopic (exact) mass is 414 g/mol. The summed E-state index contributed by atoms with van der Waals surface area (Å²) in [6.07, 6.45) is 12.5. The number of nitrogens with zero attached hydrogens (tertiary/aromatic N) is 3. The fourth-order valence-corrected chi connectivity index (χ4v) is 5.37. The van der Waals surface area contributed by atoms with Crippen LogP contribution in [-0.4, -0.2) is 48.2 Å². The number of anilines is 2. The Morgan fingerprint density at radius 2 is 1.77 bits per heavy atom. The maximum absolute atomic E-state index is 5.11. The van der Waals surface area contributed by atoms with Crippen molar-refractivity contribution in [2.24, 2.45) is 5.92 Å². The van der Waals surface area contributed by atoms with Gasteiger partial charge in [-0.25, -0.2) is 4.98 Å². The molecule has 1 saturated heterocycles. The van der Waals surface area contributed by atoms with Crippen LogP contribution in [0.15, 0.2) is 0 Å². The van der Waals surface area contributed by atoms with Crippen LogP contribution >= 0.6 is 0 Å². The van der Waals surface area contributed by atoms with Gasteiger partial charge in [-0.3, -0.25) is 0 Å². The highest BCUT2D eigenvalue weighted by Gasteiger charge is 2.29. The highest BCUT2D eigenvalue weighted by molar-refractivity contribution is 5.54. The Morgan fingerprint density at radius 1 is 1.00 bits per heavy atom. The van der Waals surface area contributed by atoms with E-state index in [0.717, 1.165) is 51.0 Å². The lowest BCUT2D eigenvalue weighted by Crippen LogP contribution is -2.42. The SMILES string of the molecule is CCC(CC)CNC1CCCC1Nc1nc2c(c(N3CCCCCC3)n1)CNCC2. The fraction of sp³-hybridized carbons (Fsp3) is 0.833. The van der Waals surface area contributed by atoms with Crippen molar-refractivity contribution in [3.8, 4) is 0 Å². The molecule has 1 aromatic heterocycles. The van der Waals surface area contributed by atoms with Crippen LogP contribution in [0.5, 0.6) is 0 Å². The number of fused-ring (bicyclic) bond motifs is 1. The number of hydrogen-bond donors (Lipinski definition) is 3. The summed E-state index contributed by atoms with van der Waals surface area (Å²) in [5, 5.41) is 11.2. The van der Waals surface area contributed by atoms with E-state index in [-0.39, 0.29) is 0 Å². The zero-order valence-electron chi connectivity index (χ0n) is 19.2. The molecule has 1 saturated carbocycles. The summed E-state index contributed by atoms with van der Waals surface area (Å²) in [6.45, 7) is 9.93. The summed E-state index contributed by atoms with van der Waals surface area (Å²) < 4.78 is 0. The minimum Gasteiger partial charge on any atom is -0.356 e. The van der Waals surface area contributed by atoms with Crippen LogP contribution in [0.1, 0.15) is 82.9 Å². The lowest BCUT2D eigenvalue weighted by Gasteiger charge is -2.29. The van der Waals surface area contributed by atoms with Crippen LogP contribution in [0.3, 0.4) is 0 Å². The van der Waals surface area contributed by atoms with Crippen LogP contribution in [0.25, 0.3) is 0 Å². The Bertz CT molecular complexity index is 666. The van der Waals surface area contributed by atoms with Crippen molar-refractivity contribution in [1.29, 1.82) is 0 Å². The third kappa shape index (κ3) is 5.25. The van der Waals surface area contributed by atoms with Gasteiger partial charge in [-0.05, 0) is 44.6 Å². The van der Waals surface area contributed by atoms with Crippen molar-refractivity contribution in [3.05, 3.63) is 11.3 Å². The van der Waals surface area contributed by atoms with Crippen molar-refractivity contribution in [2.75, 3.05) is 36.4 Å². The van der Waals surface area contributed by atoms with Crippen LogP contribution in [0.2, 0.25) is 0 Å². The third-order valence-corrected chi connectivity index (χ3v) is 7.47. The molecule has 2 fully saturated rings. The van der Waals surface area contributed by atoms with E-state index in [1.165, 1.54) is 74.9 Å². The Labute approximate surface area is 183 Å². The van der Waals surface area contributed by atoms with Gasteiger partial charge in [0.15, 0.2) is 0 Å². The molecular formula is C24H42N6. The molecule has 2 aliphatic heterocycles. The highest BCUT2D eigenvalue weighted by Crippen LogP contribution is 2.29. The first-order valence-electron chi connectivity index (χ1n) is 12.6. The molecule has 30 heavy (non-hydrogen) atoms. The molecule has 168 valence electrons. The Kier molecular flexibility index (Phi) is 7.83. The van der Waals surface area contributed by atoms with Gasteiger partial charge in [-0.2, -0.15) is 4.98 Å². The minimum absolute atomic E-state index is 0.441. The highest BCUT2D eigenvalue weighted by atomic mass is 15.2. The molecule has 0 amide bonds. The number of rotatable bonds is 8. The first-order valence-corrected chi connectivity index (χ1v) is 12.6. The van der Waals surface area contributed by atoms with Gasteiger partial charge >= 0.3 is 0 Å². The normalized spacial score (nSPS) is 24.7. The molecule has 4 rings (SSSR count). The summed E-state index contributed by atoms with van der Waals surface area (Å²) in [6, 6.07) is 0.977. The van der Waals surface area contributed by atoms with E-state index >= 15 is 0 Å². The average molecular weight is 415 g/mol. The molecule has 0 bridgehead atoms. The molecule has 2 atom stereocenters. The Hall–Kier alpha value is -1.40. The van der Waals surface area contributed by atoms with Crippen molar-refractivity contribution in [1.82, 2.24) is 20.6 Å². The van der Waals surface area contributed by atoms with Gasteiger partial charge in [0, 0.05) is 50.2 Å². The van der Waals surface area contributed by atoms with E-state index in [4.69, 9.17) is 9.97 Å². The number of aromatic nitrogens is 2. The molecule has 0 aromatic carbocycles. The standard InChI is InChI=1S/C24H42N6/c1-3-18(4-2)16-26-21-10-9-11-22(21)28-24-27-20-12-13-25-17-19(20)23(29-24)30-14-7-5-6-8-15-30/h18,21-22,25-26H,3-17H2,1-2H3,(H,27,28,29). The molecule has 6 nitrogen and oxygen atoms in total. The molecule has 2 unspecified atom stereocenters. The van der Waals surface area contributed by atoms with E-state index in [0.29, 0.717) is 12.1 Å². The molecular weight excluding hydrogens is 372 g/mol. The Morgan fingerprint density at radius 3 is 2.53 bits per heavy atom. The van der Waals surface area contributed by atoms with Gasteiger partial charge in [-0.1, -0.05) is 39.5 Å². The number of hydrogen-bond acceptors (Lipinski definition) is 6. The van der Waals surface area contributed by atoms with E-state index in [9.17, 15) is 0 Å². The molecule has 1 aromatic rings. The van der Waals surface area contributed by atoms with Gasteiger partial charge in [0.05, 0.1) is 5.69 Å². The molecule has 6 heteroatoms. The maximum Gasteiger partial charge on any atom is 0.225 e. The lowest BCUT2D eigenvalue weighted by atomic mass is 10.0. The minimum atomic E-state index is 0.441. The molecule has 0 radical (unpaired) electrons. The largest absolute Gasteiger partial charge is 0.356 e. The Balaban J connectivity index is 1.50. The smallest absolute Gasteiger partial charge is 0.225 e. The van der Waals surface area contributed by atoms with Gasteiger partial charge < -0.3 is 20.9 Å². The predicted octanol–water partition coefficient (Wildman–Crippen LogP) is 3.86. The molecule has 3 N–H and O–H groups in total. The molecule has 1 aliphatic carbocycles. The van der Waals surface area contributed by atoms with Crippen molar-refractivity contribution < 1.29 is 0 Å². The van der Waals surface area contributed by atoms with Crippen LogP contribution in [-0.2, 0) is 13.0 Å². The second-order valence-electron chi connectivity index (χ2n) is 9.50. The average Bonchev–Trinajstić information content (AvgIpc) is 3.04. The van der Waals surface area contributed by atoms with Gasteiger partial charge in [-0.15, -0.1) is 0 Å². The zero-order valence-corrected chi connectivity index (χ0v) is 19.2. The quantitative estimate of drug-likeness (QED) is 0.600. The predicted molar refractivity (Wildman–Crippen MR) is 125 cm³/mol. The topological polar surface area (TPSA) is 65.1 Å². The second-order valence-corrected chi connectivity index (χ2v) is 9.50. The maximum atomic E-state index is 5.11. The van der Waals surface area contributed by atoms with Gasteiger partial charge in [0.2, 0.25) is 5.95 Å². The second kappa shape index (κ2) is 10.8. The molecule has 0 spiro atoms. The van der Waals surface area contributed by atoms with Gasteiger partial charge in [0.1, 0.15) is 5.82 Å². The lowest BCUT2D eigenvalue weighted by molar-refractivity contribution is 0.398. The zero-order chi connectivity index (χ0) is 20.8. The third-order valence-electron chi connectivity index (χ3n) is 7.47. The summed E-state index contributed by atoms with van der Waals surface area (Å²) in [4.78, 5) is 12.6. The van der Waals surface area contributed by atoms with E-state index in [2.05, 4.69) is 34.7 Å². The summed E-state index contributed by atoms with van der Waals surface area (Å²) in [5.74, 6) is 2.83. The number of nitrogens with one attached hydrogen (secondary N) is 3. The summed E-state index contributed by atoms with van der Waals surface area (Å²) >= 11 is 0. The van der Waals surface area contributed by atoms with Crippen molar-refractivity contribution in [3.63, 3.8) is 0 Å². The van der Waals surface area contributed by atoms with Gasteiger partial charge in [0.25, 0.3) is 0 Å². The molecule has 3 aliphatic rings. The van der Waals surface area contributed by atoms with Crippen molar-refractivity contribution in [2.45, 2.75) is 96.7 Å². The first-order chi connectivity index (χ1) is 14.8. The summed E-state index contributed by atoms with van der Waals surface area (Å²) in [7, 11) is 0. The van der Waals surface area contributed by atoms with E-state index in [1.54, 1.807) is 0 Å². The van der Waals surface area contributed by atoms with Crippen LogP contribution in [0, 0.1) is 5.92 Å². The molecule has 3 heterocycles. The first kappa shape index (κ1) is 21.8. The van der Waals surface area contributed by atoms with Crippen molar-refractivity contribution >= 4 is 11.8 Å².